The van der Waals surface area contributed by atoms with E-state index in [1.165, 1.54) is 12.1 Å². The van der Waals surface area contributed by atoms with E-state index in [2.05, 4.69) is 32.7 Å². The van der Waals surface area contributed by atoms with Crippen molar-refractivity contribution in [1.29, 1.82) is 0 Å². The Balaban J connectivity index is 2.53. The van der Waals surface area contributed by atoms with Crippen molar-refractivity contribution in [2.45, 2.75) is 44.7 Å². The summed E-state index contributed by atoms with van der Waals surface area (Å²) >= 11 is 2.00. The Morgan fingerprint density at radius 1 is 1.64 bits per heavy atom. The van der Waals surface area contributed by atoms with E-state index in [0.717, 1.165) is 5.92 Å². The van der Waals surface area contributed by atoms with Crippen LogP contribution in [-0.2, 0) is 0 Å². The summed E-state index contributed by atoms with van der Waals surface area (Å²) in [4.78, 5) is 4.62. The minimum atomic E-state index is 0.537. The topological polar surface area (TPSA) is 12.4 Å². The van der Waals surface area contributed by atoms with Gasteiger partial charge in [-0.3, -0.25) is 4.99 Å². The highest BCUT2D eigenvalue weighted by molar-refractivity contribution is 8.01. The smallest absolute Gasteiger partial charge is 0.0982 e. The van der Waals surface area contributed by atoms with Crippen LogP contribution in [-0.4, -0.2) is 16.3 Å². The van der Waals surface area contributed by atoms with Crippen molar-refractivity contribution >= 4 is 17.5 Å². The summed E-state index contributed by atoms with van der Waals surface area (Å²) in [7, 11) is 0. The maximum Gasteiger partial charge on any atom is 0.0982 e. The van der Waals surface area contributed by atoms with E-state index < -0.39 is 0 Å². The fourth-order valence-electron chi connectivity index (χ4n) is 1.11. The molecule has 0 aromatic rings. The van der Waals surface area contributed by atoms with Gasteiger partial charge in [0.05, 0.1) is 5.37 Å². The SMILES string of the molecule is CC[C@@H](C)[C@@H]1N=C(C)[C@H](C)S1. The molecule has 3 atom stereocenters. The molecule has 64 valence electrons. The largest absolute Gasteiger partial charge is 0.279 e. The van der Waals surface area contributed by atoms with Crippen molar-refractivity contribution in [3.8, 4) is 0 Å². The Hall–Kier alpha value is 0.0200. The summed E-state index contributed by atoms with van der Waals surface area (Å²) < 4.78 is 0. The third-order valence-corrected chi connectivity index (χ3v) is 3.99. The van der Waals surface area contributed by atoms with Crippen LogP contribution in [0, 0.1) is 5.92 Å². The number of hydrogen-bond acceptors (Lipinski definition) is 2. The van der Waals surface area contributed by atoms with Crippen molar-refractivity contribution < 1.29 is 0 Å². The summed E-state index contributed by atoms with van der Waals surface area (Å²) in [6.07, 6.45) is 1.24. The van der Waals surface area contributed by atoms with E-state index in [4.69, 9.17) is 0 Å². The highest BCUT2D eigenvalue weighted by atomic mass is 32.2. The van der Waals surface area contributed by atoms with Gasteiger partial charge in [-0.15, -0.1) is 11.8 Å². The molecule has 0 aliphatic carbocycles. The summed E-state index contributed by atoms with van der Waals surface area (Å²) in [5.41, 5.74) is 1.32. The molecule has 0 saturated carbocycles. The first kappa shape index (κ1) is 9.11. The lowest BCUT2D eigenvalue weighted by molar-refractivity contribution is 0.549. The van der Waals surface area contributed by atoms with Gasteiger partial charge in [0.25, 0.3) is 0 Å². The fourth-order valence-corrected chi connectivity index (χ4v) is 2.47. The first-order chi connectivity index (χ1) is 5.15. The maximum absolute atomic E-state index is 4.62. The van der Waals surface area contributed by atoms with Crippen LogP contribution in [0.15, 0.2) is 4.99 Å². The summed E-state index contributed by atoms with van der Waals surface area (Å²) in [5, 5.41) is 1.18. The Morgan fingerprint density at radius 2 is 2.27 bits per heavy atom. The molecule has 1 aliphatic rings. The van der Waals surface area contributed by atoms with Gasteiger partial charge in [0.1, 0.15) is 0 Å². The standard InChI is InChI=1S/C9H17NS/c1-5-6(2)9-10-7(3)8(4)11-9/h6,8-9H,5H2,1-4H3/t6-,8+,9-/m1/s1. The molecule has 2 heteroatoms. The first-order valence-corrected chi connectivity index (χ1v) is 5.29. The lowest BCUT2D eigenvalue weighted by atomic mass is 10.1. The lowest BCUT2D eigenvalue weighted by Crippen LogP contribution is -2.08. The zero-order chi connectivity index (χ0) is 8.43. The molecule has 0 spiro atoms. The minimum Gasteiger partial charge on any atom is -0.279 e. The van der Waals surface area contributed by atoms with E-state index in [9.17, 15) is 0 Å². The van der Waals surface area contributed by atoms with Gasteiger partial charge in [-0.2, -0.15) is 0 Å². The normalized spacial score (nSPS) is 33.6. The molecule has 1 rings (SSSR count). The monoisotopic (exact) mass is 171 g/mol. The maximum atomic E-state index is 4.62. The third kappa shape index (κ3) is 1.98. The quantitative estimate of drug-likeness (QED) is 0.622. The molecule has 0 fully saturated rings. The van der Waals surface area contributed by atoms with Crippen LogP contribution in [0.5, 0.6) is 0 Å². The van der Waals surface area contributed by atoms with Gasteiger partial charge < -0.3 is 0 Å². The van der Waals surface area contributed by atoms with Gasteiger partial charge in [-0.1, -0.05) is 20.3 Å². The first-order valence-electron chi connectivity index (χ1n) is 4.35. The zero-order valence-corrected chi connectivity index (χ0v) is 8.61. The average molecular weight is 171 g/mol. The van der Waals surface area contributed by atoms with Crippen LogP contribution in [0.3, 0.4) is 0 Å². The van der Waals surface area contributed by atoms with Crippen LogP contribution in [0.1, 0.15) is 34.1 Å². The summed E-state index contributed by atoms with van der Waals surface area (Å²) in [5.74, 6) is 0.736. The predicted octanol–water partition coefficient (Wildman–Crippen LogP) is 2.95. The van der Waals surface area contributed by atoms with Crippen molar-refractivity contribution in [2.24, 2.45) is 10.9 Å². The molecule has 11 heavy (non-hydrogen) atoms. The minimum absolute atomic E-state index is 0.537. The predicted molar refractivity (Wildman–Crippen MR) is 53.4 cm³/mol. The molecule has 1 aliphatic heterocycles. The zero-order valence-electron chi connectivity index (χ0n) is 7.79. The second kappa shape index (κ2) is 3.61. The van der Waals surface area contributed by atoms with Crippen LogP contribution in [0.2, 0.25) is 0 Å². The summed E-state index contributed by atoms with van der Waals surface area (Å²) in [6.45, 7) is 8.90. The molecule has 0 aromatic carbocycles. The molecule has 1 nitrogen and oxygen atoms in total. The highest BCUT2D eigenvalue weighted by Crippen LogP contribution is 2.33. The molecule has 0 radical (unpaired) electrons. The van der Waals surface area contributed by atoms with E-state index in [-0.39, 0.29) is 0 Å². The number of rotatable bonds is 2. The number of aliphatic imine (C=N–C) groups is 1. The molecule has 0 amide bonds. The van der Waals surface area contributed by atoms with Crippen LogP contribution in [0.25, 0.3) is 0 Å². The van der Waals surface area contributed by atoms with Crippen molar-refractivity contribution in [3.05, 3.63) is 0 Å². The highest BCUT2D eigenvalue weighted by Gasteiger charge is 2.25. The molecule has 0 saturated heterocycles. The third-order valence-electron chi connectivity index (χ3n) is 2.39. The number of thioether (sulfide) groups is 1. The second-order valence-corrected chi connectivity index (χ2v) is 4.79. The number of hydrogen-bond donors (Lipinski definition) is 0. The van der Waals surface area contributed by atoms with Crippen molar-refractivity contribution in [2.75, 3.05) is 0 Å². The van der Waals surface area contributed by atoms with Crippen molar-refractivity contribution in [1.82, 2.24) is 0 Å². The Bertz CT molecular complexity index is 165. The van der Waals surface area contributed by atoms with Gasteiger partial charge in [-0.25, -0.2) is 0 Å². The van der Waals surface area contributed by atoms with Crippen molar-refractivity contribution in [3.63, 3.8) is 0 Å². The van der Waals surface area contributed by atoms with Crippen LogP contribution in [0.4, 0.5) is 0 Å². The molecular formula is C9H17NS. The van der Waals surface area contributed by atoms with E-state index in [1.807, 2.05) is 11.8 Å². The van der Waals surface area contributed by atoms with Crippen LogP contribution >= 0.6 is 11.8 Å². The molecule has 0 aromatic heterocycles. The van der Waals surface area contributed by atoms with Gasteiger partial charge in [0.2, 0.25) is 0 Å². The Kier molecular flexibility index (Phi) is 2.99. The summed E-state index contributed by atoms with van der Waals surface area (Å²) in [6, 6.07) is 0. The molecule has 0 N–H and O–H groups in total. The van der Waals surface area contributed by atoms with E-state index in [0.29, 0.717) is 10.6 Å². The van der Waals surface area contributed by atoms with E-state index >= 15 is 0 Å². The fraction of sp³-hybridized carbons (Fsp3) is 0.889. The Labute approximate surface area is 73.7 Å². The van der Waals surface area contributed by atoms with Gasteiger partial charge in [0, 0.05) is 11.0 Å². The van der Waals surface area contributed by atoms with E-state index in [1.54, 1.807) is 0 Å². The van der Waals surface area contributed by atoms with Gasteiger partial charge in [0.15, 0.2) is 0 Å². The molecule has 0 bridgehead atoms. The molecular weight excluding hydrogens is 154 g/mol. The molecule has 1 heterocycles. The van der Waals surface area contributed by atoms with Gasteiger partial charge in [-0.05, 0) is 19.8 Å². The Morgan fingerprint density at radius 3 is 2.64 bits per heavy atom. The average Bonchev–Trinajstić information content (AvgIpc) is 2.31. The lowest BCUT2D eigenvalue weighted by Gasteiger charge is -2.13. The molecule has 0 unspecified atom stereocenters. The van der Waals surface area contributed by atoms with Gasteiger partial charge >= 0.3 is 0 Å². The van der Waals surface area contributed by atoms with Crippen LogP contribution < -0.4 is 0 Å². The second-order valence-electron chi connectivity index (χ2n) is 3.32. The number of nitrogens with zero attached hydrogens (tertiary/aromatic N) is 1.